The zero-order chi connectivity index (χ0) is 19.4. The standard InChI is InChI=1S/C22H32N2O2S/c1-11-5-6-13-17-14(7-8-20(11,13)3)21(4)10-16-15(24-12(2)27-16)9-22(21,23)19(26)18(17)25/h13-14,17-19,25-26H,1,5-10,23H2,2-4H3/t13-,14-,17?,18+,19-,20?,21+,22-/m0/s1. The second-order valence-electron chi connectivity index (χ2n) is 10.2. The van der Waals surface area contributed by atoms with Crippen LogP contribution in [0, 0.1) is 35.5 Å². The number of aliphatic hydroxyl groups excluding tert-OH is 2. The molecule has 4 aliphatic carbocycles. The number of aromatic nitrogens is 1. The third kappa shape index (κ3) is 2.07. The molecule has 5 rings (SSSR count). The van der Waals surface area contributed by atoms with Crippen molar-refractivity contribution in [2.24, 2.45) is 34.3 Å². The van der Waals surface area contributed by atoms with E-state index in [0.717, 1.165) is 42.8 Å². The lowest BCUT2D eigenvalue weighted by atomic mass is 9.42. The molecule has 5 heteroatoms. The molecule has 0 bridgehead atoms. The first kappa shape index (κ1) is 18.3. The second-order valence-corrected chi connectivity index (χ2v) is 11.5. The third-order valence-electron chi connectivity index (χ3n) is 9.29. The van der Waals surface area contributed by atoms with Gasteiger partial charge in [0, 0.05) is 11.3 Å². The van der Waals surface area contributed by atoms with Crippen LogP contribution in [0.5, 0.6) is 0 Å². The summed E-state index contributed by atoms with van der Waals surface area (Å²) in [6.45, 7) is 11.0. The van der Waals surface area contributed by atoms with Gasteiger partial charge in [0.05, 0.1) is 28.4 Å². The van der Waals surface area contributed by atoms with Crippen molar-refractivity contribution >= 4 is 11.3 Å². The molecular weight excluding hydrogens is 356 g/mol. The van der Waals surface area contributed by atoms with Crippen LogP contribution < -0.4 is 5.73 Å². The van der Waals surface area contributed by atoms with E-state index in [9.17, 15) is 10.2 Å². The van der Waals surface area contributed by atoms with Gasteiger partial charge < -0.3 is 15.9 Å². The number of hydrogen-bond donors (Lipinski definition) is 3. The van der Waals surface area contributed by atoms with Gasteiger partial charge in [0.2, 0.25) is 0 Å². The summed E-state index contributed by atoms with van der Waals surface area (Å²) in [4.78, 5) is 6.03. The van der Waals surface area contributed by atoms with Crippen LogP contribution in [-0.4, -0.2) is 32.9 Å². The molecule has 0 radical (unpaired) electrons. The Labute approximate surface area is 165 Å². The minimum atomic E-state index is -0.907. The fraction of sp³-hybridized carbons (Fsp3) is 0.773. The maximum Gasteiger partial charge on any atom is 0.0990 e. The number of rotatable bonds is 0. The number of nitrogens with zero attached hydrogens (tertiary/aromatic N) is 1. The Balaban J connectivity index is 1.63. The average Bonchev–Trinajstić information content (AvgIpc) is 3.10. The molecule has 0 spiro atoms. The SMILES string of the molecule is C=C1CC[C@H]2C3[C@@H](O)[C@H](O)[C@@]4(N)Cc5nc(C)sc5C[C@]4(C)[C@H]3CCC12C. The summed E-state index contributed by atoms with van der Waals surface area (Å²) < 4.78 is 0. The number of hydrogen-bond acceptors (Lipinski definition) is 5. The lowest BCUT2D eigenvalue weighted by molar-refractivity contribution is -0.210. The monoisotopic (exact) mass is 388 g/mol. The molecule has 4 N–H and O–H groups in total. The topological polar surface area (TPSA) is 79.4 Å². The molecule has 1 heterocycles. The van der Waals surface area contributed by atoms with Gasteiger partial charge in [-0.25, -0.2) is 4.98 Å². The van der Waals surface area contributed by atoms with Crippen molar-refractivity contribution in [2.45, 2.75) is 77.0 Å². The van der Waals surface area contributed by atoms with Crippen molar-refractivity contribution in [2.75, 3.05) is 0 Å². The fourth-order valence-corrected chi connectivity index (χ4v) is 8.64. The number of fused-ring (bicyclic) bond motifs is 6. The Kier molecular flexibility index (Phi) is 3.68. The van der Waals surface area contributed by atoms with Crippen molar-refractivity contribution in [3.8, 4) is 0 Å². The molecule has 2 unspecified atom stereocenters. The van der Waals surface area contributed by atoms with Crippen LogP contribution in [0.15, 0.2) is 12.2 Å². The molecule has 3 fully saturated rings. The van der Waals surface area contributed by atoms with E-state index in [2.05, 4.69) is 20.4 Å². The Bertz CT molecular complexity index is 821. The van der Waals surface area contributed by atoms with Crippen LogP contribution in [0.1, 0.15) is 55.1 Å². The lowest BCUT2D eigenvalue weighted by Crippen LogP contribution is -2.77. The van der Waals surface area contributed by atoms with Gasteiger partial charge in [0.15, 0.2) is 0 Å². The average molecular weight is 389 g/mol. The van der Waals surface area contributed by atoms with Crippen molar-refractivity contribution in [3.63, 3.8) is 0 Å². The Morgan fingerprint density at radius 2 is 1.93 bits per heavy atom. The highest BCUT2D eigenvalue weighted by Gasteiger charge is 2.68. The largest absolute Gasteiger partial charge is 0.390 e. The minimum absolute atomic E-state index is 0.105. The van der Waals surface area contributed by atoms with Crippen molar-refractivity contribution in [1.29, 1.82) is 0 Å². The van der Waals surface area contributed by atoms with E-state index in [4.69, 9.17) is 10.7 Å². The predicted molar refractivity (Wildman–Crippen MR) is 107 cm³/mol. The van der Waals surface area contributed by atoms with Gasteiger partial charge in [-0.2, -0.15) is 0 Å². The zero-order valence-electron chi connectivity index (χ0n) is 16.7. The van der Waals surface area contributed by atoms with Crippen LogP contribution in [-0.2, 0) is 12.8 Å². The first-order valence-corrected chi connectivity index (χ1v) is 11.2. The number of nitrogens with two attached hydrogens (primary N) is 1. The van der Waals surface area contributed by atoms with Gasteiger partial charge >= 0.3 is 0 Å². The number of aryl methyl sites for hydroxylation is 1. The van der Waals surface area contributed by atoms with Gasteiger partial charge in [-0.05, 0) is 67.6 Å². The molecule has 4 aliphatic rings. The van der Waals surface area contributed by atoms with Gasteiger partial charge in [-0.3, -0.25) is 0 Å². The number of aliphatic hydroxyl groups is 2. The predicted octanol–water partition coefficient (Wildman–Crippen LogP) is 2.99. The second kappa shape index (κ2) is 5.44. The van der Waals surface area contributed by atoms with Crippen LogP contribution >= 0.6 is 11.3 Å². The highest BCUT2D eigenvalue weighted by Crippen LogP contribution is 2.67. The highest BCUT2D eigenvalue weighted by atomic mass is 32.1. The minimum Gasteiger partial charge on any atom is -0.390 e. The summed E-state index contributed by atoms with van der Waals surface area (Å²) in [5, 5.41) is 23.7. The first-order chi connectivity index (χ1) is 12.6. The molecule has 0 aromatic carbocycles. The van der Waals surface area contributed by atoms with Crippen LogP contribution in [0.3, 0.4) is 0 Å². The molecule has 4 nitrogen and oxygen atoms in total. The Hall–Kier alpha value is -0.750. The van der Waals surface area contributed by atoms with Crippen LogP contribution in [0.25, 0.3) is 0 Å². The number of allylic oxidation sites excluding steroid dienone is 1. The van der Waals surface area contributed by atoms with Crippen LogP contribution in [0.4, 0.5) is 0 Å². The molecule has 148 valence electrons. The van der Waals surface area contributed by atoms with E-state index in [0.29, 0.717) is 18.3 Å². The highest BCUT2D eigenvalue weighted by molar-refractivity contribution is 7.11. The Morgan fingerprint density at radius 3 is 2.67 bits per heavy atom. The molecule has 1 aromatic heterocycles. The summed E-state index contributed by atoms with van der Waals surface area (Å²) in [5.41, 5.74) is 8.45. The quantitative estimate of drug-likeness (QED) is 0.597. The van der Waals surface area contributed by atoms with E-state index < -0.39 is 17.7 Å². The van der Waals surface area contributed by atoms with E-state index in [1.54, 1.807) is 11.3 Å². The van der Waals surface area contributed by atoms with E-state index in [1.165, 1.54) is 10.5 Å². The third-order valence-corrected chi connectivity index (χ3v) is 10.3. The summed E-state index contributed by atoms with van der Waals surface area (Å²) >= 11 is 1.78. The smallest absolute Gasteiger partial charge is 0.0990 e. The zero-order valence-corrected chi connectivity index (χ0v) is 17.5. The first-order valence-electron chi connectivity index (χ1n) is 10.4. The molecule has 0 aliphatic heterocycles. The molecule has 0 amide bonds. The maximum atomic E-state index is 11.3. The molecule has 3 saturated carbocycles. The summed E-state index contributed by atoms with van der Waals surface area (Å²) in [5.74, 6) is 0.843. The van der Waals surface area contributed by atoms with Crippen molar-refractivity contribution in [1.82, 2.24) is 4.98 Å². The van der Waals surface area contributed by atoms with E-state index in [-0.39, 0.29) is 16.7 Å². The summed E-state index contributed by atoms with van der Waals surface area (Å²) in [7, 11) is 0. The van der Waals surface area contributed by atoms with Gasteiger partial charge in [0.1, 0.15) is 0 Å². The fourth-order valence-electron chi connectivity index (χ4n) is 7.52. The van der Waals surface area contributed by atoms with E-state index in [1.807, 2.05) is 6.92 Å². The molecular formula is C22H32N2O2S. The lowest BCUT2D eigenvalue weighted by Gasteiger charge is -2.66. The molecule has 27 heavy (non-hydrogen) atoms. The summed E-state index contributed by atoms with van der Waals surface area (Å²) in [6, 6.07) is 0. The van der Waals surface area contributed by atoms with Gasteiger partial charge in [0.25, 0.3) is 0 Å². The van der Waals surface area contributed by atoms with E-state index >= 15 is 0 Å². The van der Waals surface area contributed by atoms with Crippen molar-refractivity contribution in [3.05, 3.63) is 27.7 Å². The number of thiazole rings is 1. The Morgan fingerprint density at radius 1 is 1.19 bits per heavy atom. The normalized spacial score (nSPS) is 51.3. The maximum absolute atomic E-state index is 11.3. The van der Waals surface area contributed by atoms with Crippen molar-refractivity contribution < 1.29 is 10.2 Å². The summed E-state index contributed by atoms with van der Waals surface area (Å²) in [6.07, 6.45) is 4.09. The van der Waals surface area contributed by atoms with Crippen LogP contribution in [0.2, 0.25) is 0 Å². The molecule has 0 saturated heterocycles. The van der Waals surface area contributed by atoms with Gasteiger partial charge in [-0.1, -0.05) is 26.0 Å². The molecule has 8 atom stereocenters. The molecule has 1 aromatic rings. The van der Waals surface area contributed by atoms with Gasteiger partial charge in [-0.15, -0.1) is 11.3 Å².